The van der Waals surface area contributed by atoms with E-state index in [4.69, 9.17) is 9.72 Å². The molecule has 1 aliphatic carbocycles. The van der Waals surface area contributed by atoms with Gasteiger partial charge in [-0.25, -0.2) is 14.5 Å². The summed E-state index contributed by atoms with van der Waals surface area (Å²) in [5.74, 6) is 0.555. The third-order valence-electron chi connectivity index (χ3n) is 7.09. The molecule has 1 aliphatic rings. The number of aromatic nitrogens is 6. The third kappa shape index (κ3) is 6.55. The maximum Gasteiger partial charge on any atom is 0.410 e. The van der Waals surface area contributed by atoms with Crippen LogP contribution in [-0.2, 0) is 17.8 Å². The average Bonchev–Trinajstić information content (AvgIpc) is 3.50. The standard InChI is InChI=1S/C29H38N8O2/c1-6-34(5)25-12-23(13-30-14-25)26-20-37(33-32-26)19-24-18-35-16-22(10-11-27(35)31-24)17-36(15-21-8-7-9-21)28(38)39-29(2,3)4/h10-14,16,18,20-21H,6-9,15,17,19H2,1-5H3. The van der Waals surface area contributed by atoms with Gasteiger partial charge >= 0.3 is 6.09 Å². The van der Waals surface area contributed by atoms with E-state index >= 15 is 0 Å². The lowest BCUT2D eigenvalue weighted by Gasteiger charge is -2.33. The predicted molar refractivity (Wildman–Crippen MR) is 150 cm³/mol. The summed E-state index contributed by atoms with van der Waals surface area (Å²) >= 11 is 0. The van der Waals surface area contributed by atoms with E-state index < -0.39 is 5.60 Å². The van der Waals surface area contributed by atoms with Gasteiger partial charge in [-0.15, -0.1) is 5.10 Å². The summed E-state index contributed by atoms with van der Waals surface area (Å²) in [4.78, 5) is 26.0. The molecule has 0 N–H and O–H groups in total. The average molecular weight is 531 g/mol. The number of hydrogen-bond donors (Lipinski definition) is 0. The van der Waals surface area contributed by atoms with E-state index in [2.05, 4.69) is 33.2 Å². The summed E-state index contributed by atoms with van der Waals surface area (Å²) in [6, 6.07) is 6.09. The monoisotopic (exact) mass is 530 g/mol. The highest BCUT2D eigenvalue weighted by atomic mass is 16.6. The fourth-order valence-electron chi connectivity index (χ4n) is 4.63. The van der Waals surface area contributed by atoms with E-state index in [9.17, 15) is 4.79 Å². The maximum absolute atomic E-state index is 12.9. The third-order valence-corrected chi connectivity index (χ3v) is 7.09. The highest BCUT2D eigenvalue weighted by Crippen LogP contribution is 2.28. The maximum atomic E-state index is 12.9. The Hall–Kier alpha value is -3.95. The molecule has 4 aromatic rings. The summed E-state index contributed by atoms with van der Waals surface area (Å²) in [6.45, 7) is 10.4. The highest BCUT2D eigenvalue weighted by Gasteiger charge is 2.27. The quantitative estimate of drug-likeness (QED) is 0.300. The number of carbonyl (C=O) groups is 1. The number of hydrogen-bond acceptors (Lipinski definition) is 7. The Balaban J connectivity index is 1.29. The largest absolute Gasteiger partial charge is 0.444 e. The van der Waals surface area contributed by atoms with Crippen molar-refractivity contribution < 1.29 is 9.53 Å². The first-order valence-electron chi connectivity index (χ1n) is 13.7. The minimum atomic E-state index is -0.523. The van der Waals surface area contributed by atoms with Crippen molar-refractivity contribution in [2.75, 3.05) is 25.0 Å². The molecular weight excluding hydrogens is 492 g/mol. The van der Waals surface area contributed by atoms with Gasteiger partial charge in [-0.3, -0.25) is 4.98 Å². The Kier molecular flexibility index (Phi) is 7.54. The highest BCUT2D eigenvalue weighted by molar-refractivity contribution is 5.68. The molecule has 10 nitrogen and oxygen atoms in total. The minimum Gasteiger partial charge on any atom is -0.444 e. The molecular formula is C29H38N8O2. The molecule has 5 rings (SSSR count). The van der Waals surface area contributed by atoms with Crippen LogP contribution in [0, 0.1) is 5.92 Å². The van der Waals surface area contributed by atoms with Crippen molar-refractivity contribution in [2.45, 2.75) is 65.6 Å². The number of nitrogens with zero attached hydrogens (tertiary/aromatic N) is 8. The molecule has 0 aromatic carbocycles. The number of amides is 1. The summed E-state index contributed by atoms with van der Waals surface area (Å²) in [6.07, 6.45) is 12.9. The van der Waals surface area contributed by atoms with E-state index in [1.54, 1.807) is 10.9 Å². The number of anilines is 1. The normalized spacial score (nSPS) is 13.9. The molecule has 206 valence electrons. The lowest BCUT2D eigenvalue weighted by Crippen LogP contribution is -2.40. The summed E-state index contributed by atoms with van der Waals surface area (Å²) in [5.41, 5.74) is 4.97. The van der Waals surface area contributed by atoms with Gasteiger partial charge in [0.05, 0.1) is 36.9 Å². The molecule has 39 heavy (non-hydrogen) atoms. The molecule has 0 saturated heterocycles. The van der Waals surface area contributed by atoms with E-state index in [0.29, 0.717) is 19.0 Å². The molecule has 0 atom stereocenters. The summed E-state index contributed by atoms with van der Waals surface area (Å²) < 4.78 is 9.50. The van der Waals surface area contributed by atoms with Crippen LogP contribution in [0.3, 0.4) is 0 Å². The van der Waals surface area contributed by atoms with Gasteiger partial charge in [-0.2, -0.15) is 0 Å². The van der Waals surface area contributed by atoms with Crippen LogP contribution in [-0.4, -0.2) is 66.1 Å². The Morgan fingerprint density at radius 2 is 1.97 bits per heavy atom. The van der Waals surface area contributed by atoms with Crippen molar-refractivity contribution in [1.29, 1.82) is 0 Å². The number of ether oxygens (including phenoxy) is 1. The van der Waals surface area contributed by atoms with Gasteiger partial charge in [0, 0.05) is 44.3 Å². The van der Waals surface area contributed by atoms with Crippen molar-refractivity contribution in [3.05, 3.63) is 60.4 Å². The number of carbonyl (C=O) groups excluding carboxylic acids is 1. The topological polar surface area (TPSA) is 93.7 Å². The summed E-state index contributed by atoms with van der Waals surface area (Å²) in [5, 5.41) is 8.67. The van der Waals surface area contributed by atoms with Gasteiger partial charge in [0.1, 0.15) is 16.9 Å². The number of fused-ring (bicyclic) bond motifs is 1. The van der Waals surface area contributed by atoms with Crippen molar-refractivity contribution >= 4 is 17.4 Å². The fraction of sp³-hybridized carbons (Fsp3) is 0.483. The van der Waals surface area contributed by atoms with Crippen LogP contribution in [0.4, 0.5) is 10.5 Å². The van der Waals surface area contributed by atoms with Crippen LogP contribution >= 0.6 is 0 Å². The van der Waals surface area contributed by atoms with Gasteiger partial charge in [-0.05, 0) is 64.2 Å². The predicted octanol–water partition coefficient (Wildman–Crippen LogP) is 5.03. The van der Waals surface area contributed by atoms with E-state index in [1.165, 1.54) is 19.3 Å². The number of imidazole rings is 1. The van der Waals surface area contributed by atoms with Gasteiger partial charge in [0.2, 0.25) is 0 Å². The molecule has 0 spiro atoms. The Bertz CT molecular complexity index is 1430. The Morgan fingerprint density at radius 3 is 2.69 bits per heavy atom. The zero-order chi connectivity index (χ0) is 27.6. The Labute approximate surface area is 229 Å². The van der Waals surface area contributed by atoms with Crippen LogP contribution < -0.4 is 4.90 Å². The molecule has 0 bridgehead atoms. The number of rotatable bonds is 9. The van der Waals surface area contributed by atoms with Crippen LogP contribution in [0.2, 0.25) is 0 Å². The first kappa shape index (κ1) is 26.6. The lowest BCUT2D eigenvalue weighted by atomic mass is 9.85. The second-order valence-corrected chi connectivity index (χ2v) is 11.4. The molecule has 1 fully saturated rings. The van der Waals surface area contributed by atoms with Gasteiger partial charge in [0.15, 0.2) is 0 Å². The van der Waals surface area contributed by atoms with E-state index in [-0.39, 0.29) is 6.09 Å². The molecule has 4 aromatic heterocycles. The van der Waals surface area contributed by atoms with Crippen LogP contribution in [0.15, 0.2) is 49.2 Å². The van der Waals surface area contributed by atoms with Crippen molar-refractivity contribution in [3.8, 4) is 11.3 Å². The zero-order valence-electron chi connectivity index (χ0n) is 23.5. The first-order valence-corrected chi connectivity index (χ1v) is 13.7. The van der Waals surface area contributed by atoms with Crippen LogP contribution in [0.25, 0.3) is 16.9 Å². The molecule has 0 aliphatic heterocycles. The van der Waals surface area contributed by atoms with Crippen molar-refractivity contribution in [3.63, 3.8) is 0 Å². The Morgan fingerprint density at radius 1 is 1.15 bits per heavy atom. The van der Waals surface area contributed by atoms with Gasteiger partial charge in [-0.1, -0.05) is 17.7 Å². The lowest BCUT2D eigenvalue weighted by molar-refractivity contribution is 0.0173. The van der Waals surface area contributed by atoms with E-state index in [0.717, 1.165) is 46.9 Å². The minimum absolute atomic E-state index is 0.259. The number of pyridine rings is 2. The molecule has 1 amide bonds. The van der Waals surface area contributed by atoms with Gasteiger partial charge < -0.3 is 18.9 Å². The van der Waals surface area contributed by atoms with Crippen molar-refractivity contribution in [2.24, 2.45) is 5.92 Å². The van der Waals surface area contributed by atoms with Crippen LogP contribution in [0.1, 0.15) is 58.2 Å². The molecule has 4 heterocycles. The fourth-order valence-corrected chi connectivity index (χ4v) is 4.63. The molecule has 0 radical (unpaired) electrons. The summed E-state index contributed by atoms with van der Waals surface area (Å²) in [7, 11) is 2.04. The second-order valence-electron chi connectivity index (χ2n) is 11.4. The first-order chi connectivity index (χ1) is 18.7. The molecule has 1 saturated carbocycles. The zero-order valence-corrected chi connectivity index (χ0v) is 23.5. The van der Waals surface area contributed by atoms with E-state index in [1.807, 2.05) is 74.0 Å². The van der Waals surface area contributed by atoms with Crippen LogP contribution in [0.5, 0.6) is 0 Å². The SMILES string of the molecule is CCN(C)c1cncc(-c2cn(Cc3cn4cc(CN(CC5CCC5)C(=O)OC(C)(C)C)ccc4n3)nn2)c1. The second kappa shape index (κ2) is 11.0. The van der Waals surface area contributed by atoms with Crippen molar-refractivity contribution in [1.82, 2.24) is 34.3 Å². The van der Waals surface area contributed by atoms with Gasteiger partial charge in [0.25, 0.3) is 0 Å². The molecule has 10 heteroatoms. The smallest absolute Gasteiger partial charge is 0.410 e. The molecule has 0 unspecified atom stereocenters.